The molecule has 216 valence electrons. The van der Waals surface area contributed by atoms with Gasteiger partial charge in [0, 0.05) is 30.4 Å². The lowest BCUT2D eigenvalue weighted by Crippen LogP contribution is -2.54. The van der Waals surface area contributed by atoms with Crippen molar-refractivity contribution in [3.8, 4) is 0 Å². The number of anilines is 1. The Morgan fingerprint density at radius 2 is 1.76 bits per heavy atom. The normalized spacial score (nSPS) is 17.9. The zero-order chi connectivity index (χ0) is 29.7. The molecule has 2 aromatic carbocycles. The number of carbonyl (C=O) groups is 4. The summed E-state index contributed by atoms with van der Waals surface area (Å²) >= 11 is 3.07. The average Bonchev–Trinajstić information content (AvgIpc) is 3.56. The SMILES string of the molecule is CC(=O)N(c1c[nH]c2ccccc12)[C@H](C1=CC(Cc2ccccc2)(C(=O)N[C@@H](CC(=O)O)C(=O)CBr)ON1)C(C)C. The van der Waals surface area contributed by atoms with Crippen LogP contribution in [-0.4, -0.2) is 56.7 Å². The van der Waals surface area contributed by atoms with Crippen molar-refractivity contribution in [1.82, 2.24) is 15.8 Å². The molecule has 0 bridgehead atoms. The van der Waals surface area contributed by atoms with Gasteiger partial charge in [0.05, 0.1) is 35.2 Å². The van der Waals surface area contributed by atoms with Crippen LogP contribution in [0.1, 0.15) is 32.8 Å². The van der Waals surface area contributed by atoms with Crippen LogP contribution in [0, 0.1) is 5.92 Å². The number of nitrogens with one attached hydrogen (secondary N) is 3. The zero-order valence-electron chi connectivity index (χ0n) is 23.0. The van der Waals surface area contributed by atoms with Gasteiger partial charge in [-0.15, -0.1) is 0 Å². The molecule has 11 heteroatoms. The molecule has 0 radical (unpaired) electrons. The molecular formula is C30H33BrN4O6. The van der Waals surface area contributed by atoms with E-state index in [4.69, 9.17) is 4.84 Å². The van der Waals surface area contributed by atoms with Crippen LogP contribution in [0.15, 0.2) is 72.6 Å². The van der Waals surface area contributed by atoms with Gasteiger partial charge in [-0.25, -0.2) is 0 Å². The smallest absolute Gasteiger partial charge is 0.305 e. The molecule has 0 aliphatic carbocycles. The lowest BCUT2D eigenvalue weighted by Gasteiger charge is -2.34. The number of carboxylic acid groups (broad SMARTS) is 1. The first-order chi connectivity index (χ1) is 19.6. The van der Waals surface area contributed by atoms with Crippen molar-refractivity contribution in [2.24, 2.45) is 5.92 Å². The van der Waals surface area contributed by atoms with Crippen LogP contribution < -0.4 is 15.7 Å². The number of hydroxylamine groups is 1. The minimum Gasteiger partial charge on any atom is -0.481 e. The van der Waals surface area contributed by atoms with Crippen LogP contribution in [0.3, 0.4) is 0 Å². The summed E-state index contributed by atoms with van der Waals surface area (Å²) in [6, 6.07) is 15.1. The molecule has 10 nitrogen and oxygen atoms in total. The first kappa shape index (κ1) is 30.0. The Kier molecular flexibility index (Phi) is 9.29. The average molecular weight is 626 g/mol. The highest BCUT2D eigenvalue weighted by Gasteiger charge is 2.47. The first-order valence-electron chi connectivity index (χ1n) is 13.2. The molecule has 3 aromatic rings. The number of benzene rings is 2. The number of halogens is 1. The molecule has 2 amide bonds. The quantitative estimate of drug-likeness (QED) is 0.224. The van der Waals surface area contributed by atoms with E-state index in [0.717, 1.165) is 16.5 Å². The summed E-state index contributed by atoms with van der Waals surface area (Å²) in [6.07, 6.45) is 2.94. The predicted molar refractivity (Wildman–Crippen MR) is 158 cm³/mol. The van der Waals surface area contributed by atoms with Crippen molar-refractivity contribution in [1.29, 1.82) is 0 Å². The van der Waals surface area contributed by atoms with Gasteiger partial charge in [0.2, 0.25) is 5.91 Å². The molecule has 4 N–H and O–H groups in total. The molecule has 2 heterocycles. The maximum Gasteiger partial charge on any atom is 0.305 e. The number of amides is 2. The Balaban J connectivity index is 1.78. The van der Waals surface area contributed by atoms with Crippen LogP contribution in [-0.2, 0) is 30.4 Å². The lowest BCUT2D eigenvalue weighted by atomic mass is 9.89. The highest BCUT2D eigenvalue weighted by Crippen LogP contribution is 2.35. The van der Waals surface area contributed by atoms with Gasteiger partial charge in [0.1, 0.15) is 0 Å². The molecule has 0 spiro atoms. The number of Topliss-reactive ketones (excluding diaryl/α,β-unsaturated/α-hetero) is 1. The number of aromatic nitrogens is 1. The third kappa shape index (κ3) is 6.52. The number of rotatable bonds is 12. The fourth-order valence-corrected chi connectivity index (χ4v) is 5.54. The molecule has 1 aliphatic rings. The molecule has 1 aliphatic heterocycles. The van der Waals surface area contributed by atoms with Gasteiger partial charge < -0.3 is 20.3 Å². The number of ketones is 1. The number of hydrogen-bond acceptors (Lipinski definition) is 6. The molecule has 4 rings (SSSR count). The number of hydrogen-bond donors (Lipinski definition) is 4. The van der Waals surface area contributed by atoms with E-state index in [1.54, 1.807) is 17.2 Å². The van der Waals surface area contributed by atoms with E-state index in [1.807, 2.05) is 68.4 Å². The number of alkyl halides is 1. The fraction of sp³-hybridized carbons (Fsp3) is 0.333. The number of para-hydroxylation sites is 1. The molecule has 1 unspecified atom stereocenters. The Labute approximate surface area is 246 Å². The molecule has 0 saturated heterocycles. The Hall–Kier alpha value is -3.96. The first-order valence-corrected chi connectivity index (χ1v) is 14.4. The largest absolute Gasteiger partial charge is 0.481 e. The van der Waals surface area contributed by atoms with Crippen molar-refractivity contribution >= 4 is 56.1 Å². The summed E-state index contributed by atoms with van der Waals surface area (Å²) in [4.78, 5) is 61.9. The van der Waals surface area contributed by atoms with Gasteiger partial charge in [0.25, 0.3) is 5.91 Å². The van der Waals surface area contributed by atoms with Gasteiger partial charge >= 0.3 is 5.97 Å². The number of H-pyrrole nitrogens is 1. The van der Waals surface area contributed by atoms with Crippen molar-refractivity contribution < 1.29 is 29.1 Å². The van der Waals surface area contributed by atoms with Gasteiger partial charge in [-0.2, -0.15) is 0 Å². The maximum absolute atomic E-state index is 13.9. The summed E-state index contributed by atoms with van der Waals surface area (Å²) in [5.74, 6) is -2.69. The molecule has 3 atom stereocenters. The monoisotopic (exact) mass is 624 g/mol. The zero-order valence-corrected chi connectivity index (χ0v) is 24.6. The summed E-state index contributed by atoms with van der Waals surface area (Å²) in [5, 5.41) is 12.7. The second kappa shape index (κ2) is 12.7. The fourth-order valence-electron chi connectivity index (χ4n) is 5.14. The second-order valence-electron chi connectivity index (χ2n) is 10.4. The number of aliphatic carboxylic acids is 1. The van der Waals surface area contributed by atoms with Crippen LogP contribution in [0.4, 0.5) is 5.69 Å². The third-order valence-corrected chi connectivity index (χ3v) is 7.59. The number of nitrogens with zero attached hydrogens (tertiary/aromatic N) is 1. The van der Waals surface area contributed by atoms with E-state index in [1.165, 1.54) is 6.92 Å². The van der Waals surface area contributed by atoms with Crippen molar-refractivity contribution in [3.05, 3.63) is 78.1 Å². The maximum atomic E-state index is 13.9. The number of carbonyl (C=O) groups excluding carboxylic acids is 3. The third-order valence-electron chi connectivity index (χ3n) is 7.03. The number of fused-ring (bicyclic) bond motifs is 1. The van der Waals surface area contributed by atoms with Crippen molar-refractivity contribution in [2.75, 3.05) is 10.2 Å². The van der Waals surface area contributed by atoms with E-state index in [-0.39, 0.29) is 23.6 Å². The van der Waals surface area contributed by atoms with E-state index >= 15 is 0 Å². The Morgan fingerprint density at radius 3 is 2.39 bits per heavy atom. The van der Waals surface area contributed by atoms with Gasteiger partial charge in [-0.05, 0) is 23.6 Å². The highest BCUT2D eigenvalue weighted by molar-refractivity contribution is 9.09. The molecule has 0 saturated carbocycles. The van der Waals surface area contributed by atoms with Gasteiger partial charge in [-0.3, -0.25) is 29.5 Å². The lowest BCUT2D eigenvalue weighted by molar-refractivity contribution is -0.147. The van der Waals surface area contributed by atoms with Crippen LogP contribution in [0.5, 0.6) is 0 Å². The molecule has 1 aromatic heterocycles. The molecule has 41 heavy (non-hydrogen) atoms. The van der Waals surface area contributed by atoms with Crippen molar-refractivity contribution in [2.45, 2.75) is 51.3 Å². The number of carboxylic acids is 1. The Bertz CT molecular complexity index is 1470. The molecular weight excluding hydrogens is 592 g/mol. The van der Waals surface area contributed by atoms with Crippen molar-refractivity contribution in [3.63, 3.8) is 0 Å². The topological polar surface area (TPSA) is 141 Å². The van der Waals surface area contributed by atoms with E-state index in [0.29, 0.717) is 11.4 Å². The van der Waals surface area contributed by atoms with Crippen LogP contribution in [0.25, 0.3) is 10.9 Å². The summed E-state index contributed by atoms with van der Waals surface area (Å²) in [6.45, 7) is 5.42. The summed E-state index contributed by atoms with van der Waals surface area (Å²) in [7, 11) is 0. The number of aromatic amines is 1. The predicted octanol–water partition coefficient (Wildman–Crippen LogP) is 3.87. The van der Waals surface area contributed by atoms with E-state index in [2.05, 4.69) is 31.7 Å². The standard InChI is InChI=1S/C30H33BrN4O6/c1-18(2)28(35(19(3)36)25-17-32-22-12-8-7-11-21(22)25)24-15-30(41-34-24,14-20-9-5-4-6-10-20)29(40)33-23(13-27(38)39)26(37)16-31/h4-12,15,17-18,23,28,32,34H,13-14,16H2,1-3H3,(H,33,40)(H,38,39)/t23-,28-,30?/m0/s1. The summed E-state index contributed by atoms with van der Waals surface area (Å²) < 4.78 is 0. The van der Waals surface area contributed by atoms with E-state index < -0.39 is 41.8 Å². The molecule has 0 fully saturated rings. The van der Waals surface area contributed by atoms with Crippen LogP contribution >= 0.6 is 15.9 Å². The minimum atomic E-state index is -1.63. The van der Waals surface area contributed by atoms with Crippen LogP contribution in [0.2, 0.25) is 0 Å². The second-order valence-corrected chi connectivity index (χ2v) is 10.9. The summed E-state index contributed by atoms with van der Waals surface area (Å²) in [5.41, 5.74) is 4.12. The minimum absolute atomic E-state index is 0.0937. The van der Waals surface area contributed by atoms with Gasteiger partial charge in [-0.1, -0.05) is 78.3 Å². The van der Waals surface area contributed by atoms with Gasteiger partial charge in [0.15, 0.2) is 11.4 Å². The Morgan fingerprint density at radius 1 is 1.07 bits per heavy atom. The van der Waals surface area contributed by atoms with E-state index in [9.17, 15) is 24.3 Å². The highest BCUT2D eigenvalue weighted by atomic mass is 79.9.